The van der Waals surface area contributed by atoms with Crippen LogP contribution < -0.4 is 10.1 Å². The number of hydrogen-bond acceptors (Lipinski definition) is 5. The number of aliphatic hydroxyl groups is 1. The van der Waals surface area contributed by atoms with Gasteiger partial charge in [-0.05, 0) is 18.1 Å². The van der Waals surface area contributed by atoms with Crippen LogP contribution in [0.15, 0.2) is 36.7 Å². The van der Waals surface area contributed by atoms with Crippen molar-refractivity contribution in [1.29, 1.82) is 0 Å². The number of nitrogens with zero attached hydrogens (tertiary/aromatic N) is 2. The van der Waals surface area contributed by atoms with Crippen molar-refractivity contribution in [3.63, 3.8) is 0 Å². The molecule has 19 heavy (non-hydrogen) atoms. The molecular weight excluding hydrogens is 242 g/mol. The van der Waals surface area contributed by atoms with Crippen LogP contribution in [0.3, 0.4) is 0 Å². The van der Waals surface area contributed by atoms with Gasteiger partial charge in [-0.25, -0.2) is 4.98 Å². The van der Waals surface area contributed by atoms with Crippen molar-refractivity contribution in [2.24, 2.45) is 0 Å². The molecule has 2 N–H and O–H groups in total. The van der Waals surface area contributed by atoms with Crippen molar-refractivity contribution in [3.8, 4) is 5.75 Å². The molecule has 0 unspecified atom stereocenters. The Bertz CT molecular complexity index is 514. The Morgan fingerprint density at radius 1 is 1.21 bits per heavy atom. The maximum Gasteiger partial charge on any atom is 0.144 e. The fourth-order valence-electron chi connectivity index (χ4n) is 1.68. The predicted octanol–water partition coefficient (Wildman–Crippen LogP) is 1.63. The third-order valence-electron chi connectivity index (χ3n) is 2.69. The van der Waals surface area contributed by atoms with E-state index >= 15 is 0 Å². The maximum atomic E-state index is 9.00. The van der Waals surface area contributed by atoms with Crippen LogP contribution in [-0.2, 0) is 13.0 Å². The minimum atomic E-state index is 0.108. The van der Waals surface area contributed by atoms with Gasteiger partial charge in [0, 0.05) is 13.7 Å². The third-order valence-corrected chi connectivity index (χ3v) is 2.69. The summed E-state index contributed by atoms with van der Waals surface area (Å²) in [6.07, 6.45) is 3.93. The first-order chi connectivity index (χ1) is 9.33. The lowest BCUT2D eigenvalue weighted by molar-refractivity contribution is 0.281. The Kier molecular flexibility index (Phi) is 4.69. The van der Waals surface area contributed by atoms with Crippen LogP contribution in [0.4, 0.5) is 5.82 Å². The number of para-hydroxylation sites is 1. The summed E-state index contributed by atoms with van der Waals surface area (Å²) in [5, 5.41) is 11.9. The van der Waals surface area contributed by atoms with Crippen LogP contribution in [0.1, 0.15) is 11.3 Å². The summed E-state index contributed by atoms with van der Waals surface area (Å²) in [5.74, 6) is 1.50. The number of aliphatic hydroxyl groups excluding tert-OH is 1. The van der Waals surface area contributed by atoms with Gasteiger partial charge in [0.2, 0.25) is 0 Å². The standard InChI is InChI=1S/C14H17N3O2/c1-15-14-9-16-12(8-17-14)10-19-13-5-3-2-4-11(13)6-7-18/h2-5,8-9,18H,6-7,10H2,1H3,(H,15,17). The van der Waals surface area contributed by atoms with Crippen molar-refractivity contribution in [2.45, 2.75) is 13.0 Å². The minimum Gasteiger partial charge on any atom is -0.487 e. The Morgan fingerprint density at radius 2 is 2.05 bits per heavy atom. The lowest BCUT2D eigenvalue weighted by atomic mass is 10.1. The second-order valence-electron chi connectivity index (χ2n) is 4.01. The van der Waals surface area contributed by atoms with Crippen LogP contribution in [0.2, 0.25) is 0 Å². The lowest BCUT2D eigenvalue weighted by Crippen LogP contribution is -2.03. The summed E-state index contributed by atoms with van der Waals surface area (Å²) in [6, 6.07) is 7.67. The SMILES string of the molecule is CNc1cnc(COc2ccccc2CCO)cn1. The number of nitrogens with one attached hydrogen (secondary N) is 1. The summed E-state index contributed by atoms with van der Waals surface area (Å²) >= 11 is 0. The van der Waals surface area contributed by atoms with E-state index in [1.165, 1.54) is 0 Å². The molecule has 2 aromatic rings. The van der Waals surface area contributed by atoms with Crippen LogP contribution >= 0.6 is 0 Å². The van der Waals surface area contributed by atoms with Crippen molar-refractivity contribution >= 4 is 5.82 Å². The molecule has 0 aliphatic heterocycles. The highest BCUT2D eigenvalue weighted by atomic mass is 16.5. The molecule has 0 atom stereocenters. The molecule has 100 valence electrons. The molecule has 0 saturated carbocycles. The van der Waals surface area contributed by atoms with Crippen molar-refractivity contribution in [2.75, 3.05) is 19.0 Å². The van der Waals surface area contributed by atoms with Crippen LogP contribution in [0, 0.1) is 0 Å². The molecule has 1 aromatic heterocycles. The van der Waals surface area contributed by atoms with E-state index < -0.39 is 0 Å². The van der Waals surface area contributed by atoms with Crippen LogP contribution in [0.25, 0.3) is 0 Å². The summed E-state index contributed by atoms with van der Waals surface area (Å²) in [7, 11) is 1.80. The molecule has 1 aromatic carbocycles. The highest BCUT2D eigenvalue weighted by Gasteiger charge is 2.03. The molecule has 0 aliphatic rings. The molecule has 5 heteroatoms. The fourth-order valence-corrected chi connectivity index (χ4v) is 1.68. The predicted molar refractivity (Wildman–Crippen MR) is 73.1 cm³/mol. The van der Waals surface area contributed by atoms with Gasteiger partial charge in [0.1, 0.15) is 18.2 Å². The van der Waals surface area contributed by atoms with E-state index in [0.717, 1.165) is 22.8 Å². The average Bonchev–Trinajstić information content (AvgIpc) is 2.47. The molecule has 1 heterocycles. The van der Waals surface area contributed by atoms with E-state index in [9.17, 15) is 0 Å². The van der Waals surface area contributed by atoms with Gasteiger partial charge in [0.05, 0.1) is 18.1 Å². The third kappa shape index (κ3) is 3.66. The first-order valence-corrected chi connectivity index (χ1v) is 6.13. The molecule has 0 radical (unpaired) electrons. The number of ether oxygens (including phenoxy) is 1. The van der Waals surface area contributed by atoms with E-state index in [1.807, 2.05) is 24.3 Å². The minimum absolute atomic E-state index is 0.108. The highest BCUT2D eigenvalue weighted by molar-refractivity contribution is 5.34. The first kappa shape index (κ1) is 13.3. The van der Waals surface area contributed by atoms with E-state index in [2.05, 4.69) is 15.3 Å². The van der Waals surface area contributed by atoms with Gasteiger partial charge in [0.15, 0.2) is 0 Å². The number of rotatable bonds is 6. The second-order valence-corrected chi connectivity index (χ2v) is 4.01. The van der Waals surface area contributed by atoms with Crippen molar-refractivity contribution in [1.82, 2.24) is 9.97 Å². The molecule has 0 spiro atoms. The summed E-state index contributed by atoms with van der Waals surface area (Å²) < 4.78 is 5.72. The zero-order valence-electron chi connectivity index (χ0n) is 10.8. The number of benzene rings is 1. The molecule has 0 saturated heterocycles. The van der Waals surface area contributed by atoms with Gasteiger partial charge in [-0.3, -0.25) is 4.98 Å². The highest BCUT2D eigenvalue weighted by Crippen LogP contribution is 2.19. The van der Waals surface area contributed by atoms with Crippen molar-refractivity contribution < 1.29 is 9.84 Å². The van der Waals surface area contributed by atoms with Crippen LogP contribution in [-0.4, -0.2) is 28.7 Å². The number of anilines is 1. The number of hydrogen-bond donors (Lipinski definition) is 2. The number of aromatic nitrogens is 2. The lowest BCUT2D eigenvalue weighted by Gasteiger charge is -2.10. The normalized spacial score (nSPS) is 10.2. The topological polar surface area (TPSA) is 67.3 Å². The van der Waals surface area contributed by atoms with Gasteiger partial charge < -0.3 is 15.2 Å². The molecular formula is C14H17N3O2. The summed E-state index contributed by atoms with van der Waals surface area (Å²) in [6.45, 7) is 0.469. The smallest absolute Gasteiger partial charge is 0.144 e. The zero-order valence-corrected chi connectivity index (χ0v) is 10.8. The van der Waals surface area contributed by atoms with Crippen LogP contribution in [0.5, 0.6) is 5.75 Å². The Morgan fingerprint density at radius 3 is 2.74 bits per heavy atom. The maximum absolute atomic E-state index is 9.00. The fraction of sp³-hybridized carbons (Fsp3) is 0.286. The molecule has 5 nitrogen and oxygen atoms in total. The summed E-state index contributed by atoms with van der Waals surface area (Å²) in [5.41, 5.74) is 1.75. The Hall–Kier alpha value is -2.14. The van der Waals surface area contributed by atoms with E-state index in [1.54, 1.807) is 19.4 Å². The van der Waals surface area contributed by atoms with E-state index in [0.29, 0.717) is 13.0 Å². The average molecular weight is 259 g/mol. The van der Waals surface area contributed by atoms with E-state index in [-0.39, 0.29) is 6.61 Å². The Labute approximate surface area is 112 Å². The van der Waals surface area contributed by atoms with Crippen molar-refractivity contribution in [3.05, 3.63) is 47.9 Å². The van der Waals surface area contributed by atoms with Gasteiger partial charge in [-0.1, -0.05) is 18.2 Å². The summed E-state index contributed by atoms with van der Waals surface area (Å²) in [4.78, 5) is 8.42. The molecule has 2 rings (SSSR count). The van der Waals surface area contributed by atoms with Gasteiger partial charge >= 0.3 is 0 Å². The van der Waals surface area contributed by atoms with Gasteiger partial charge in [-0.2, -0.15) is 0 Å². The molecule has 0 amide bonds. The monoisotopic (exact) mass is 259 g/mol. The second kappa shape index (κ2) is 6.70. The van der Waals surface area contributed by atoms with Gasteiger partial charge in [0.25, 0.3) is 0 Å². The molecule has 0 fully saturated rings. The Balaban J connectivity index is 2.01. The zero-order chi connectivity index (χ0) is 13.5. The molecule has 0 bridgehead atoms. The molecule has 0 aliphatic carbocycles. The largest absolute Gasteiger partial charge is 0.487 e. The first-order valence-electron chi connectivity index (χ1n) is 6.13. The van der Waals surface area contributed by atoms with Gasteiger partial charge in [-0.15, -0.1) is 0 Å². The van der Waals surface area contributed by atoms with E-state index in [4.69, 9.17) is 9.84 Å². The quantitative estimate of drug-likeness (QED) is 0.825.